The molecule has 1 aromatic heterocycles. The zero-order chi connectivity index (χ0) is 13.7. The fourth-order valence-electron chi connectivity index (χ4n) is 1.84. The summed E-state index contributed by atoms with van der Waals surface area (Å²) in [6.45, 7) is 0.442. The van der Waals surface area contributed by atoms with Crippen molar-refractivity contribution in [3.05, 3.63) is 53.9 Å². The summed E-state index contributed by atoms with van der Waals surface area (Å²) >= 11 is 0. The van der Waals surface area contributed by atoms with E-state index in [1.807, 2.05) is 43.4 Å². The number of halogens is 1. The quantitative estimate of drug-likeness (QED) is 0.865. The van der Waals surface area contributed by atoms with Crippen molar-refractivity contribution in [1.82, 2.24) is 15.1 Å². The predicted octanol–water partition coefficient (Wildman–Crippen LogP) is 1.03. The molecule has 5 nitrogen and oxygen atoms in total. The molecule has 1 atom stereocenters. The minimum Gasteiger partial charge on any atom is -0.349 e. The van der Waals surface area contributed by atoms with Crippen molar-refractivity contribution in [2.45, 2.75) is 19.0 Å². The number of benzene rings is 1. The number of hydrogen-bond acceptors (Lipinski definition) is 3. The predicted molar refractivity (Wildman–Crippen MR) is 80.4 cm³/mol. The molecule has 0 radical (unpaired) electrons. The summed E-state index contributed by atoms with van der Waals surface area (Å²) in [4.78, 5) is 11.9. The Bertz CT molecular complexity index is 541. The molecule has 0 saturated heterocycles. The van der Waals surface area contributed by atoms with Gasteiger partial charge in [-0.25, -0.2) is 0 Å². The molecular weight excluding hydrogens is 276 g/mol. The smallest absolute Gasteiger partial charge is 0.237 e. The highest BCUT2D eigenvalue weighted by Gasteiger charge is 2.13. The van der Waals surface area contributed by atoms with E-state index in [1.165, 1.54) is 0 Å². The lowest BCUT2D eigenvalue weighted by Crippen LogP contribution is -2.41. The van der Waals surface area contributed by atoms with Crippen molar-refractivity contribution in [1.29, 1.82) is 0 Å². The Morgan fingerprint density at radius 2 is 2.05 bits per heavy atom. The van der Waals surface area contributed by atoms with Gasteiger partial charge >= 0.3 is 0 Å². The highest BCUT2D eigenvalue weighted by molar-refractivity contribution is 5.85. The molecule has 20 heavy (non-hydrogen) atoms. The van der Waals surface area contributed by atoms with Crippen LogP contribution in [0, 0.1) is 0 Å². The Kier molecular flexibility index (Phi) is 6.21. The first-order valence-corrected chi connectivity index (χ1v) is 6.21. The van der Waals surface area contributed by atoms with Crippen LogP contribution in [0.2, 0.25) is 0 Å². The molecule has 1 amide bonds. The van der Waals surface area contributed by atoms with Gasteiger partial charge in [0.05, 0.1) is 18.3 Å². The zero-order valence-electron chi connectivity index (χ0n) is 11.3. The van der Waals surface area contributed by atoms with E-state index in [-0.39, 0.29) is 18.3 Å². The monoisotopic (exact) mass is 294 g/mol. The zero-order valence-corrected chi connectivity index (χ0v) is 12.1. The van der Waals surface area contributed by atoms with Crippen LogP contribution in [-0.2, 0) is 24.8 Å². The van der Waals surface area contributed by atoms with E-state index in [1.54, 1.807) is 10.9 Å². The largest absolute Gasteiger partial charge is 0.349 e. The molecule has 2 aromatic rings. The number of nitrogens with two attached hydrogens (primary N) is 1. The average Bonchev–Trinajstić information content (AvgIpc) is 2.82. The lowest BCUT2D eigenvalue weighted by atomic mass is 10.1. The van der Waals surface area contributed by atoms with Gasteiger partial charge in [0, 0.05) is 13.2 Å². The summed E-state index contributed by atoms with van der Waals surface area (Å²) < 4.78 is 1.73. The fraction of sp³-hybridized carbons (Fsp3) is 0.286. The van der Waals surface area contributed by atoms with E-state index < -0.39 is 6.04 Å². The number of hydrogen-bond donors (Lipinski definition) is 2. The second kappa shape index (κ2) is 7.67. The summed E-state index contributed by atoms with van der Waals surface area (Å²) in [5, 5.41) is 6.86. The third kappa shape index (κ3) is 4.36. The summed E-state index contributed by atoms with van der Waals surface area (Å²) in [7, 11) is 1.84. The topological polar surface area (TPSA) is 72.9 Å². The molecule has 1 aromatic carbocycles. The molecule has 1 heterocycles. The maximum atomic E-state index is 11.9. The number of carbonyl (C=O) groups excluding carboxylic acids is 1. The van der Waals surface area contributed by atoms with Crippen molar-refractivity contribution in [3.8, 4) is 0 Å². The van der Waals surface area contributed by atoms with Gasteiger partial charge < -0.3 is 11.1 Å². The number of aromatic nitrogens is 2. The minimum atomic E-state index is -0.532. The van der Waals surface area contributed by atoms with E-state index in [0.29, 0.717) is 13.0 Å². The molecule has 108 valence electrons. The molecule has 6 heteroatoms. The number of aryl methyl sites for hydroxylation is 1. The Balaban J connectivity index is 0.00000200. The molecule has 3 N–H and O–H groups in total. The molecular formula is C14H19ClN4O. The maximum absolute atomic E-state index is 11.9. The third-order valence-corrected chi connectivity index (χ3v) is 3.00. The van der Waals surface area contributed by atoms with Crippen LogP contribution in [0.25, 0.3) is 0 Å². The Labute approximate surface area is 124 Å². The highest BCUT2D eigenvalue weighted by Crippen LogP contribution is 2.02. The number of nitrogens with one attached hydrogen (secondary N) is 1. The summed E-state index contributed by atoms with van der Waals surface area (Å²) in [6, 6.07) is 11.1. The van der Waals surface area contributed by atoms with Crippen LogP contribution >= 0.6 is 12.4 Å². The molecule has 0 aliphatic heterocycles. The first kappa shape index (κ1) is 16.2. The molecule has 0 unspecified atom stereocenters. The van der Waals surface area contributed by atoms with Gasteiger partial charge in [0.2, 0.25) is 5.91 Å². The van der Waals surface area contributed by atoms with Crippen molar-refractivity contribution >= 4 is 18.3 Å². The average molecular weight is 295 g/mol. The van der Waals surface area contributed by atoms with E-state index >= 15 is 0 Å². The molecule has 0 fully saturated rings. The van der Waals surface area contributed by atoms with Gasteiger partial charge in [-0.2, -0.15) is 5.10 Å². The molecule has 0 bridgehead atoms. The van der Waals surface area contributed by atoms with Gasteiger partial charge in [-0.3, -0.25) is 9.48 Å². The molecule has 0 aliphatic rings. The third-order valence-electron chi connectivity index (χ3n) is 3.00. The van der Waals surface area contributed by atoms with Crippen LogP contribution in [0.15, 0.2) is 42.6 Å². The van der Waals surface area contributed by atoms with Gasteiger partial charge in [-0.1, -0.05) is 30.3 Å². The molecule has 0 spiro atoms. The number of nitrogens with zero attached hydrogens (tertiary/aromatic N) is 2. The van der Waals surface area contributed by atoms with Crippen LogP contribution in [-0.4, -0.2) is 21.7 Å². The van der Waals surface area contributed by atoms with Crippen molar-refractivity contribution in [3.63, 3.8) is 0 Å². The van der Waals surface area contributed by atoms with E-state index in [0.717, 1.165) is 11.3 Å². The molecule has 0 saturated carbocycles. The van der Waals surface area contributed by atoms with Crippen LogP contribution in [0.1, 0.15) is 11.3 Å². The van der Waals surface area contributed by atoms with Crippen molar-refractivity contribution in [2.24, 2.45) is 12.8 Å². The number of rotatable bonds is 5. The summed E-state index contributed by atoms with van der Waals surface area (Å²) in [5.74, 6) is -0.148. The van der Waals surface area contributed by atoms with Gasteiger partial charge in [0.15, 0.2) is 0 Å². The van der Waals surface area contributed by atoms with Crippen LogP contribution in [0.5, 0.6) is 0 Å². The van der Waals surface area contributed by atoms with Crippen LogP contribution < -0.4 is 11.1 Å². The highest BCUT2D eigenvalue weighted by atomic mass is 35.5. The van der Waals surface area contributed by atoms with Gasteiger partial charge in [0.25, 0.3) is 0 Å². The second-order valence-corrected chi connectivity index (χ2v) is 4.46. The Morgan fingerprint density at radius 3 is 2.65 bits per heavy atom. The van der Waals surface area contributed by atoms with Gasteiger partial charge in [0.1, 0.15) is 0 Å². The first-order chi connectivity index (χ1) is 9.16. The number of carbonyl (C=O) groups is 1. The molecule has 2 rings (SSSR count). The molecule has 0 aliphatic carbocycles. The summed E-state index contributed by atoms with van der Waals surface area (Å²) in [5.41, 5.74) is 7.90. The minimum absolute atomic E-state index is 0. The van der Waals surface area contributed by atoms with Crippen LogP contribution in [0.3, 0.4) is 0 Å². The maximum Gasteiger partial charge on any atom is 0.237 e. The first-order valence-electron chi connectivity index (χ1n) is 6.21. The standard InChI is InChI=1S/C14H18N4O.ClH/c1-18-12(7-8-17-18)10-16-14(19)13(15)9-11-5-3-2-4-6-11;/h2-8,13H,9-10,15H2,1H3,(H,16,19);1H/t13-;/m0./s1. The second-order valence-electron chi connectivity index (χ2n) is 4.46. The normalized spacial score (nSPS) is 11.5. The van der Waals surface area contributed by atoms with Crippen molar-refractivity contribution < 1.29 is 4.79 Å². The lowest BCUT2D eigenvalue weighted by Gasteiger charge is -2.12. The van der Waals surface area contributed by atoms with E-state index in [4.69, 9.17) is 5.73 Å². The fourth-order valence-corrected chi connectivity index (χ4v) is 1.84. The Morgan fingerprint density at radius 1 is 1.35 bits per heavy atom. The van der Waals surface area contributed by atoms with E-state index in [2.05, 4.69) is 10.4 Å². The SMILES string of the molecule is Cl.Cn1nccc1CNC(=O)[C@@H](N)Cc1ccccc1. The van der Waals surface area contributed by atoms with E-state index in [9.17, 15) is 4.79 Å². The lowest BCUT2D eigenvalue weighted by molar-refractivity contribution is -0.122. The Hall–Kier alpha value is -1.85. The summed E-state index contributed by atoms with van der Waals surface area (Å²) in [6.07, 6.45) is 2.24. The number of amides is 1. The van der Waals surface area contributed by atoms with Gasteiger partial charge in [-0.15, -0.1) is 12.4 Å². The van der Waals surface area contributed by atoms with Gasteiger partial charge in [-0.05, 0) is 18.1 Å². The van der Waals surface area contributed by atoms with Crippen LogP contribution in [0.4, 0.5) is 0 Å². The van der Waals surface area contributed by atoms with Crippen molar-refractivity contribution in [2.75, 3.05) is 0 Å².